The Morgan fingerprint density at radius 1 is 1.56 bits per heavy atom. The number of benzene rings is 1. The standard InChI is InChI=1S/C13H19FN2O2/c1-3-6-13(2,18)8-16-12(17)10-5-4-9(15)7-11(10)14/h4-5,7,18H,3,6,8,15H2,1-2H3,(H,16,17). The average molecular weight is 254 g/mol. The molecular weight excluding hydrogens is 235 g/mol. The molecule has 0 spiro atoms. The number of carbonyl (C=O) groups excluding carboxylic acids is 1. The first-order valence-electron chi connectivity index (χ1n) is 5.91. The van der Waals surface area contributed by atoms with Crippen molar-refractivity contribution in [1.29, 1.82) is 0 Å². The minimum absolute atomic E-state index is 0.0727. The van der Waals surface area contributed by atoms with Crippen LogP contribution in [0.25, 0.3) is 0 Å². The Kier molecular flexibility index (Phi) is 4.67. The second-order valence-electron chi connectivity index (χ2n) is 4.67. The van der Waals surface area contributed by atoms with E-state index in [1.807, 2.05) is 6.92 Å². The van der Waals surface area contributed by atoms with Gasteiger partial charge in [0.2, 0.25) is 0 Å². The number of hydrogen-bond acceptors (Lipinski definition) is 3. The second-order valence-corrected chi connectivity index (χ2v) is 4.67. The quantitative estimate of drug-likeness (QED) is 0.700. The van der Waals surface area contributed by atoms with E-state index in [0.29, 0.717) is 6.42 Å². The molecule has 0 aliphatic rings. The molecule has 1 unspecified atom stereocenters. The van der Waals surface area contributed by atoms with Gasteiger partial charge in [-0.1, -0.05) is 13.3 Å². The van der Waals surface area contributed by atoms with Crippen molar-refractivity contribution in [3.05, 3.63) is 29.6 Å². The summed E-state index contributed by atoms with van der Waals surface area (Å²) in [4.78, 5) is 11.7. The van der Waals surface area contributed by atoms with Crippen molar-refractivity contribution in [3.63, 3.8) is 0 Å². The van der Waals surface area contributed by atoms with Crippen LogP contribution in [0, 0.1) is 5.82 Å². The van der Waals surface area contributed by atoms with Crippen molar-refractivity contribution in [2.75, 3.05) is 12.3 Å². The van der Waals surface area contributed by atoms with Gasteiger partial charge in [0.1, 0.15) is 5.82 Å². The van der Waals surface area contributed by atoms with Crippen LogP contribution in [0.2, 0.25) is 0 Å². The van der Waals surface area contributed by atoms with E-state index >= 15 is 0 Å². The summed E-state index contributed by atoms with van der Waals surface area (Å²) in [6, 6.07) is 3.88. The fourth-order valence-electron chi connectivity index (χ4n) is 1.71. The molecule has 0 bridgehead atoms. The zero-order valence-corrected chi connectivity index (χ0v) is 10.7. The molecule has 5 heteroatoms. The van der Waals surface area contributed by atoms with Crippen molar-refractivity contribution in [1.82, 2.24) is 5.32 Å². The Morgan fingerprint density at radius 2 is 2.22 bits per heavy atom. The summed E-state index contributed by atoms with van der Waals surface area (Å²) in [5, 5.41) is 12.4. The molecule has 1 aromatic carbocycles. The number of halogens is 1. The van der Waals surface area contributed by atoms with Gasteiger partial charge >= 0.3 is 0 Å². The van der Waals surface area contributed by atoms with Crippen LogP contribution in [0.5, 0.6) is 0 Å². The molecule has 0 aromatic heterocycles. The largest absolute Gasteiger partial charge is 0.399 e. The van der Waals surface area contributed by atoms with Crippen LogP contribution in [0.4, 0.5) is 10.1 Å². The smallest absolute Gasteiger partial charge is 0.254 e. The van der Waals surface area contributed by atoms with Crippen LogP contribution >= 0.6 is 0 Å². The van der Waals surface area contributed by atoms with E-state index < -0.39 is 17.3 Å². The molecule has 1 rings (SSSR count). The molecule has 0 saturated heterocycles. The molecular formula is C13H19FN2O2. The van der Waals surface area contributed by atoms with E-state index in [4.69, 9.17) is 5.73 Å². The lowest BCUT2D eigenvalue weighted by Gasteiger charge is -2.22. The highest BCUT2D eigenvalue weighted by atomic mass is 19.1. The second kappa shape index (κ2) is 5.82. The van der Waals surface area contributed by atoms with Crippen molar-refractivity contribution in [2.24, 2.45) is 0 Å². The van der Waals surface area contributed by atoms with Crippen LogP contribution < -0.4 is 11.1 Å². The lowest BCUT2D eigenvalue weighted by Crippen LogP contribution is -2.40. The van der Waals surface area contributed by atoms with E-state index in [9.17, 15) is 14.3 Å². The van der Waals surface area contributed by atoms with E-state index in [1.54, 1.807) is 6.92 Å². The van der Waals surface area contributed by atoms with Crippen LogP contribution in [0.3, 0.4) is 0 Å². The van der Waals surface area contributed by atoms with E-state index in [0.717, 1.165) is 12.5 Å². The number of hydrogen-bond donors (Lipinski definition) is 3. The summed E-state index contributed by atoms with van der Waals surface area (Å²) in [5.74, 6) is -1.22. The molecule has 0 fully saturated rings. The minimum Gasteiger partial charge on any atom is -0.399 e. The van der Waals surface area contributed by atoms with Gasteiger partial charge in [-0.25, -0.2) is 4.39 Å². The summed E-state index contributed by atoms with van der Waals surface area (Å²) >= 11 is 0. The van der Waals surface area contributed by atoms with Crippen LogP contribution in [-0.4, -0.2) is 23.2 Å². The first kappa shape index (κ1) is 14.4. The Hall–Kier alpha value is -1.62. The third-order valence-electron chi connectivity index (χ3n) is 2.66. The summed E-state index contributed by atoms with van der Waals surface area (Å²) in [6.45, 7) is 3.66. The zero-order chi connectivity index (χ0) is 13.8. The van der Waals surface area contributed by atoms with Crippen molar-refractivity contribution < 1.29 is 14.3 Å². The number of carbonyl (C=O) groups is 1. The molecule has 0 saturated carbocycles. The van der Waals surface area contributed by atoms with Gasteiger partial charge in [0.05, 0.1) is 11.2 Å². The van der Waals surface area contributed by atoms with Crippen LogP contribution in [0.1, 0.15) is 37.0 Å². The average Bonchev–Trinajstić information content (AvgIpc) is 2.26. The maximum absolute atomic E-state index is 13.5. The number of nitrogens with one attached hydrogen (secondary N) is 1. The lowest BCUT2D eigenvalue weighted by atomic mass is 10.0. The topological polar surface area (TPSA) is 75.3 Å². The van der Waals surface area contributed by atoms with Gasteiger partial charge in [-0.2, -0.15) is 0 Å². The first-order valence-corrected chi connectivity index (χ1v) is 5.91. The van der Waals surface area contributed by atoms with Gasteiger partial charge in [0, 0.05) is 12.2 Å². The highest BCUT2D eigenvalue weighted by Gasteiger charge is 2.21. The maximum Gasteiger partial charge on any atom is 0.254 e. The predicted octanol–water partition coefficient (Wildman–Crippen LogP) is 1.69. The molecule has 1 aromatic rings. The van der Waals surface area contributed by atoms with Crippen molar-refractivity contribution in [3.8, 4) is 0 Å². The number of anilines is 1. The van der Waals surface area contributed by atoms with Crippen molar-refractivity contribution >= 4 is 11.6 Å². The van der Waals surface area contributed by atoms with Gasteiger partial charge in [-0.15, -0.1) is 0 Å². The number of nitrogens with two attached hydrogens (primary N) is 1. The number of rotatable bonds is 5. The minimum atomic E-state index is -0.977. The molecule has 0 heterocycles. The van der Waals surface area contributed by atoms with Crippen molar-refractivity contribution in [2.45, 2.75) is 32.3 Å². The van der Waals surface area contributed by atoms with Gasteiger partial charge in [-0.3, -0.25) is 4.79 Å². The Labute approximate surface area is 106 Å². The summed E-state index contributed by atoms with van der Waals surface area (Å²) in [6.07, 6.45) is 1.37. The summed E-state index contributed by atoms with van der Waals surface area (Å²) in [7, 11) is 0. The number of aliphatic hydroxyl groups is 1. The monoisotopic (exact) mass is 254 g/mol. The van der Waals surface area contributed by atoms with Crippen LogP contribution in [0.15, 0.2) is 18.2 Å². The maximum atomic E-state index is 13.5. The third kappa shape index (κ3) is 4.00. The normalized spacial score (nSPS) is 14.0. The summed E-state index contributed by atoms with van der Waals surface area (Å²) < 4.78 is 13.5. The highest BCUT2D eigenvalue weighted by molar-refractivity contribution is 5.94. The van der Waals surface area contributed by atoms with E-state index in [-0.39, 0.29) is 17.8 Å². The fourth-order valence-corrected chi connectivity index (χ4v) is 1.71. The van der Waals surface area contributed by atoms with Crippen LogP contribution in [-0.2, 0) is 0 Å². The zero-order valence-electron chi connectivity index (χ0n) is 10.7. The van der Waals surface area contributed by atoms with Gasteiger partial charge in [-0.05, 0) is 31.5 Å². The van der Waals surface area contributed by atoms with Gasteiger partial charge in [0.25, 0.3) is 5.91 Å². The first-order chi connectivity index (χ1) is 8.35. The van der Waals surface area contributed by atoms with E-state index in [2.05, 4.69) is 5.32 Å². The number of nitrogen functional groups attached to an aromatic ring is 1. The Balaban J connectivity index is 2.66. The highest BCUT2D eigenvalue weighted by Crippen LogP contribution is 2.13. The molecule has 100 valence electrons. The fraction of sp³-hybridized carbons (Fsp3) is 0.462. The summed E-state index contributed by atoms with van der Waals surface area (Å²) in [5.41, 5.74) is 4.61. The molecule has 0 aliphatic carbocycles. The molecule has 0 radical (unpaired) electrons. The van der Waals surface area contributed by atoms with Gasteiger partial charge in [0.15, 0.2) is 0 Å². The Bertz CT molecular complexity index is 433. The number of amides is 1. The molecule has 4 N–H and O–H groups in total. The van der Waals surface area contributed by atoms with Gasteiger partial charge < -0.3 is 16.2 Å². The molecule has 18 heavy (non-hydrogen) atoms. The Morgan fingerprint density at radius 3 is 2.78 bits per heavy atom. The molecule has 1 atom stereocenters. The molecule has 0 aliphatic heterocycles. The molecule has 4 nitrogen and oxygen atoms in total. The third-order valence-corrected chi connectivity index (χ3v) is 2.66. The SMILES string of the molecule is CCCC(C)(O)CNC(=O)c1ccc(N)cc1F. The molecule has 1 amide bonds. The van der Waals surface area contributed by atoms with E-state index in [1.165, 1.54) is 12.1 Å². The predicted molar refractivity (Wildman–Crippen MR) is 68.7 cm³/mol. The lowest BCUT2D eigenvalue weighted by molar-refractivity contribution is 0.0468.